The van der Waals surface area contributed by atoms with Crippen molar-refractivity contribution in [2.24, 2.45) is 5.73 Å². The number of halogens is 2. The molecule has 42 heavy (non-hydrogen) atoms. The van der Waals surface area contributed by atoms with E-state index in [4.69, 9.17) is 22.1 Å². The summed E-state index contributed by atoms with van der Waals surface area (Å²) in [6.45, 7) is 5.87. The predicted molar refractivity (Wildman–Crippen MR) is 159 cm³/mol. The zero-order valence-electron chi connectivity index (χ0n) is 23.5. The Kier molecular flexibility index (Phi) is 8.46. The molecular weight excluding hydrogens is 563 g/mol. The van der Waals surface area contributed by atoms with E-state index in [0.717, 1.165) is 11.3 Å². The molecule has 0 radical (unpaired) electrons. The molecule has 3 amide bonds. The number of piperazine rings is 1. The topological polar surface area (TPSA) is 130 Å². The third-order valence-electron chi connectivity index (χ3n) is 7.27. The number of hydrogen-bond donors (Lipinski definition) is 3. The summed E-state index contributed by atoms with van der Waals surface area (Å²) in [5.74, 6) is -0.197. The third-order valence-corrected chi connectivity index (χ3v) is 7.64. The molecule has 2 aromatic carbocycles. The molecule has 0 unspecified atom stereocenters. The number of methoxy groups -OCH3 is 1. The van der Waals surface area contributed by atoms with E-state index in [1.807, 2.05) is 26.0 Å². The maximum absolute atomic E-state index is 14.6. The van der Waals surface area contributed by atoms with Crippen molar-refractivity contribution in [3.05, 3.63) is 70.9 Å². The summed E-state index contributed by atoms with van der Waals surface area (Å²) >= 11 is 6.31. The normalized spacial score (nSPS) is 14.1. The number of carbonyl (C=O) groups excluding carboxylic acids is 2. The number of fused-ring (bicyclic) bond motifs is 1. The number of nitrogens with one attached hydrogen (secondary N) is 2. The van der Waals surface area contributed by atoms with Crippen LogP contribution in [0.4, 0.5) is 20.7 Å². The lowest BCUT2D eigenvalue weighted by Gasteiger charge is -2.35. The van der Waals surface area contributed by atoms with Crippen LogP contribution in [0.1, 0.15) is 22.8 Å². The molecule has 1 saturated heterocycles. The first-order valence-corrected chi connectivity index (χ1v) is 13.9. The van der Waals surface area contributed by atoms with Gasteiger partial charge in [0.1, 0.15) is 0 Å². The van der Waals surface area contributed by atoms with Gasteiger partial charge in [-0.1, -0.05) is 11.6 Å². The number of aryl methyl sites for hydroxylation is 1. The van der Waals surface area contributed by atoms with Crippen molar-refractivity contribution in [2.45, 2.75) is 19.9 Å². The van der Waals surface area contributed by atoms with Crippen LogP contribution in [0.15, 0.2) is 48.9 Å². The second-order valence-electron chi connectivity index (χ2n) is 10.1. The summed E-state index contributed by atoms with van der Waals surface area (Å²) in [7, 11) is 1.38. The maximum atomic E-state index is 14.6. The van der Waals surface area contributed by atoms with E-state index in [-0.39, 0.29) is 28.8 Å². The van der Waals surface area contributed by atoms with Crippen LogP contribution in [0.25, 0.3) is 16.9 Å². The Morgan fingerprint density at radius 1 is 1.14 bits per heavy atom. The Morgan fingerprint density at radius 2 is 1.88 bits per heavy atom. The van der Waals surface area contributed by atoms with Crippen LogP contribution < -0.4 is 21.1 Å². The number of hydrogen-bond acceptors (Lipinski definition) is 7. The van der Waals surface area contributed by atoms with Crippen molar-refractivity contribution in [1.29, 1.82) is 0 Å². The monoisotopic (exact) mass is 594 g/mol. The second-order valence-corrected chi connectivity index (χ2v) is 10.5. The number of anilines is 2. The highest BCUT2D eigenvalue weighted by atomic mass is 35.5. The van der Waals surface area contributed by atoms with Gasteiger partial charge in [-0.3, -0.25) is 9.20 Å². The second kappa shape index (κ2) is 12.2. The van der Waals surface area contributed by atoms with Gasteiger partial charge in [0.2, 0.25) is 0 Å². The fraction of sp³-hybridized carbons (Fsp3) is 0.310. The number of amides is 3. The van der Waals surface area contributed by atoms with Gasteiger partial charge in [-0.05, 0) is 49.7 Å². The molecule has 1 aliphatic heterocycles. The first kappa shape index (κ1) is 29.1. The number of aromatic nitrogens is 3. The van der Waals surface area contributed by atoms with Crippen molar-refractivity contribution in [3.8, 4) is 17.0 Å². The smallest absolute Gasteiger partial charge is 0.317 e. The minimum Gasteiger partial charge on any atom is -0.494 e. The molecule has 4 N–H and O–H groups in total. The van der Waals surface area contributed by atoms with Crippen molar-refractivity contribution in [2.75, 3.05) is 45.2 Å². The zero-order chi connectivity index (χ0) is 30.0. The number of benzene rings is 2. The van der Waals surface area contributed by atoms with E-state index in [9.17, 15) is 14.0 Å². The largest absolute Gasteiger partial charge is 0.494 e. The van der Waals surface area contributed by atoms with Crippen molar-refractivity contribution in [1.82, 2.24) is 29.5 Å². The summed E-state index contributed by atoms with van der Waals surface area (Å²) < 4.78 is 21.4. The molecule has 1 atom stereocenters. The Hall–Kier alpha value is -4.42. The van der Waals surface area contributed by atoms with Gasteiger partial charge in [0.05, 0.1) is 24.0 Å². The number of rotatable bonds is 7. The minimum absolute atomic E-state index is 0.0570. The molecule has 13 heteroatoms. The molecule has 3 heterocycles. The fourth-order valence-electron chi connectivity index (χ4n) is 4.86. The molecule has 2 aromatic heterocycles. The average Bonchev–Trinajstić information content (AvgIpc) is 3.43. The van der Waals surface area contributed by atoms with Gasteiger partial charge < -0.3 is 30.9 Å². The summed E-state index contributed by atoms with van der Waals surface area (Å²) in [6, 6.07) is 8.37. The number of nitrogens with two attached hydrogens (primary N) is 1. The van der Waals surface area contributed by atoms with Crippen LogP contribution in [-0.2, 0) is 0 Å². The SMILES string of the molecule is COc1ccc(-c2cnc3c(Nc4ccc(C(=O)N5CCN(C(=O)N[C@H](C)CN)CC5)c(C)c4)nccn23)c(Cl)c1F. The summed E-state index contributed by atoms with van der Waals surface area (Å²) in [5, 5.41) is 6.06. The molecule has 11 nitrogen and oxygen atoms in total. The highest BCUT2D eigenvalue weighted by Crippen LogP contribution is 2.35. The maximum Gasteiger partial charge on any atom is 0.317 e. The van der Waals surface area contributed by atoms with E-state index in [2.05, 4.69) is 20.6 Å². The summed E-state index contributed by atoms with van der Waals surface area (Å²) in [6.07, 6.45) is 4.93. The Balaban J connectivity index is 1.30. The molecule has 1 fully saturated rings. The van der Waals surface area contributed by atoms with Crippen LogP contribution in [0, 0.1) is 12.7 Å². The quantitative estimate of drug-likeness (QED) is 0.294. The molecule has 0 spiro atoms. The van der Waals surface area contributed by atoms with E-state index in [1.165, 1.54) is 13.2 Å². The van der Waals surface area contributed by atoms with Crippen LogP contribution in [0.5, 0.6) is 5.75 Å². The summed E-state index contributed by atoms with van der Waals surface area (Å²) in [5.41, 5.74) is 9.25. The number of carbonyl (C=O) groups is 2. The van der Waals surface area contributed by atoms with E-state index < -0.39 is 5.82 Å². The van der Waals surface area contributed by atoms with Crippen LogP contribution in [-0.4, -0.2) is 82.0 Å². The zero-order valence-corrected chi connectivity index (χ0v) is 24.3. The van der Waals surface area contributed by atoms with Gasteiger partial charge in [-0.15, -0.1) is 0 Å². The number of nitrogens with zero attached hydrogens (tertiary/aromatic N) is 5. The molecule has 0 saturated carbocycles. The average molecular weight is 595 g/mol. The number of imidazole rings is 1. The van der Waals surface area contributed by atoms with Crippen LogP contribution >= 0.6 is 11.6 Å². The summed E-state index contributed by atoms with van der Waals surface area (Å²) in [4.78, 5) is 38.1. The standard InChI is InChI=1S/C29H32ClFN8O3/c1-17-14-19(4-5-20(17)28(40)37-10-12-38(13-11-37)29(41)35-18(2)15-32)36-26-27-34-16-22(39(27)9-8-33-26)21-6-7-23(42-3)25(31)24(21)30/h4-9,14,16,18H,10-13,15,32H2,1-3H3,(H,33,36)(H,35,41)/t18-/m1/s1. The van der Waals surface area contributed by atoms with E-state index in [0.29, 0.717) is 61.0 Å². The van der Waals surface area contributed by atoms with Gasteiger partial charge in [0.25, 0.3) is 5.91 Å². The minimum atomic E-state index is -0.645. The highest BCUT2D eigenvalue weighted by Gasteiger charge is 2.26. The first-order valence-electron chi connectivity index (χ1n) is 13.5. The highest BCUT2D eigenvalue weighted by molar-refractivity contribution is 6.33. The van der Waals surface area contributed by atoms with Crippen molar-refractivity contribution < 1.29 is 18.7 Å². The predicted octanol–water partition coefficient (Wildman–Crippen LogP) is 4.06. The molecule has 0 aliphatic carbocycles. The molecule has 220 valence electrons. The molecule has 4 aromatic rings. The fourth-order valence-corrected chi connectivity index (χ4v) is 5.11. The van der Waals surface area contributed by atoms with E-state index in [1.54, 1.807) is 44.9 Å². The molecule has 5 rings (SSSR count). The van der Waals surface area contributed by atoms with Crippen molar-refractivity contribution in [3.63, 3.8) is 0 Å². The lowest BCUT2D eigenvalue weighted by Crippen LogP contribution is -2.55. The Morgan fingerprint density at radius 3 is 2.57 bits per heavy atom. The van der Waals surface area contributed by atoms with E-state index >= 15 is 0 Å². The van der Waals surface area contributed by atoms with Crippen LogP contribution in [0.2, 0.25) is 5.02 Å². The lowest BCUT2D eigenvalue weighted by molar-refractivity contribution is 0.0663. The van der Waals surface area contributed by atoms with Gasteiger partial charge in [0.15, 0.2) is 23.0 Å². The first-order chi connectivity index (χ1) is 20.2. The lowest BCUT2D eigenvalue weighted by atomic mass is 10.1. The Bertz CT molecular complexity index is 1640. The third kappa shape index (κ3) is 5.68. The molecular formula is C29H32ClFN8O3. The molecule has 1 aliphatic rings. The Labute approximate surface area is 247 Å². The molecule has 0 bridgehead atoms. The van der Waals surface area contributed by atoms with Gasteiger partial charge in [-0.25, -0.2) is 19.2 Å². The number of urea groups is 1. The van der Waals surface area contributed by atoms with Crippen LogP contribution in [0.3, 0.4) is 0 Å². The van der Waals surface area contributed by atoms with Gasteiger partial charge in [-0.2, -0.15) is 0 Å². The van der Waals surface area contributed by atoms with Gasteiger partial charge >= 0.3 is 6.03 Å². The van der Waals surface area contributed by atoms with Gasteiger partial charge in [0, 0.05) is 68.0 Å². The number of ether oxygens (including phenoxy) is 1. The van der Waals surface area contributed by atoms with Crippen molar-refractivity contribution >= 4 is 40.7 Å².